The Balaban J connectivity index is 2.29. The van der Waals surface area contributed by atoms with Gasteiger partial charge in [0.2, 0.25) is 0 Å². The molecule has 1 rings (SSSR count). The van der Waals surface area contributed by atoms with Gasteiger partial charge < -0.3 is 14.2 Å². The fraction of sp³-hybridized carbons (Fsp3) is 0.714. The Kier molecular flexibility index (Phi) is 6.48. The number of hydrogen-bond acceptors (Lipinski definition) is 3. The standard InChI is InChI=1S/C14H24O3/c1-11(2)13-6-5-12(3)14(9-13)17-10-16-8-7-15-4/h5,13-14H,1,6-10H2,2-4H3. The van der Waals surface area contributed by atoms with Crippen LogP contribution in [0.3, 0.4) is 0 Å². The molecule has 17 heavy (non-hydrogen) atoms. The molecule has 3 heteroatoms. The second-order valence-electron chi connectivity index (χ2n) is 4.64. The summed E-state index contributed by atoms with van der Waals surface area (Å²) >= 11 is 0. The molecular formula is C14H24O3. The molecule has 2 atom stereocenters. The molecule has 1 aliphatic carbocycles. The van der Waals surface area contributed by atoms with Gasteiger partial charge in [0, 0.05) is 7.11 Å². The van der Waals surface area contributed by atoms with Crippen LogP contribution in [0.2, 0.25) is 0 Å². The summed E-state index contributed by atoms with van der Waals surface area (Å²) in [5.74, 6) is 0.544. The van der Waals surface area contributed by atoms with E-state index < -0.39 is 0 Å². The first-order valence-corrected chi connectivity index (χ1v) is 6.15. The van der Waals surface area contributed by atoms with Crippen LogP contribution in [0.15, 0.2) is 23.8 Å². The van der Waals surface area contributed by atoms with Crippen molar-refractivity contribution in [1.29, 1.82) is 0 Å². The monoisotopic (exact) mass is 240 g/mol. The van der Waals surface area contributed by atoms with Gasteiger partial charge in [0.15, 0.2) is 0 Å². The minimum atomic E-state index is 0.174. The predicted molar refractivity (Wildman–Crippen MR) is 68.9 cm³/mol. The second kappa shape index (κ2) is 7.64. The van der Waals surface area contributed by atoms with Crippen LogP contribution >= 0.6 is 0 Å². The third-order valence-electron chi connectivity index (χ3n) is 3.21. The lowest BCUT2D eigenvalue weighted by molar-refractivity contribution is -0.0926. The van der Waals surface area contributed by atoms with Crippen LogP contribution in [0.5, 0.6) is 0 Å². The minimum absolute atomic E-state index is 0.174. The Bertz CT molecular complexity index is 271. The van der Waals surface area contributed by atoms with Gasteiger partial charge in [-0.3, -0.25) is 0 Å². The molecule has 0 spiro atoms. The van der Waals surface area contributed by atoms with E-state index in [0.29, 0.717) is 25.9 Å². The zero-order valence-electron chi connectivity index (χ0n) is 11.2. The zero-order valence-corrected chi connectivity index (χ0v) is 11.2. The molecule has 0 N–H and O–H groups in total. The van der Waals surface area contributed by atoms with E-state index in [1.807, 2.05) is 0 Å². The summed E-state index contributed by atoms with van der Waals surface area (Å²) in [6.45, 7) is 9.76. The predicted octanol–water partition coefficient (Wildman–Crippen LogP) is 2.92. The van der Waals surface area contributed by atoms with Crippen molar-refractivity contribution < 1.29 is 14.2 Å². The SMILES string of the molecule is C=C(C)C1CC=C(C)C(OCOCCOC)C1. The maximum Gasteiger partial charge on any atom is 0.147 e. The molecule has 2 unspecified atom stereocenters. The van der Waals surface area contributed by atoms with Crippen molar-refractivity contribution in [2.45, 2.75) is 32.8 Å². The van der Waals surface area contributed by atoms with Crippen LogP contribution in [0.4, 0.5) is 0 Å². The highest BCUT2D eigenvalue weighted by Gasteiger charge is 2.22. The van der Waals surface area contributed by atoms with Crippen molar-refractivity contribution >= 4 is 0 Å². The van der Waals surface area contributed by atoms with Gasteiger partial charge in [0.05, 0.1) is 19.3 Å². The summed E-state index contributed by atoms with van der Waals surface area (Å²) in [4.78, 5) is 0. The maximum atomic E-state index is 5.74. The van der Waals surface area contributed by atoms with Gasteiger partial charge >= 0.3 is 0 Å². The summed E-state index contributed by atoms with van der Waals surface area (Å²) < 4.78 is 16.0. The average molecular weight is 240 g/mol. The number of methoxy groups -OCH3 is 1. The van der Waals surface area contributed by atoms with E-state index in [1.54, 1.807) is 7.11 Å². The van der Waals surface area contributed by atoms with E-state index >= 15 is 0 Å². The molecule has 0 saturated carbocycles. The normalized spacial score (nSPS) is 24.5. The molecule has 3 nitrogen and oxygen atoms in total. The smallest absolute Gasteiger partial charge is 0.147 e. The van der Waals surface area contributed by atoms with E-state index in [4.69, 9.17) is 14.2 Å². The van der Waals surface area contributed by atoms with E-state index in [0.717, 1.165) is 12.8 Å². The molecule has 0 amide bonds. The van der Waals surface area contributed by atoms with Crippen LogP contribution in [0.25, 0.3) is 0 Å². The highest BCUT2D eigenvalue weighted by molar-refractivity contribution is 5.15. The highest BCUT2D eigenvalue weighted by atomic mass is 16.7. The van der Waals surface area contributed by atoms with E-state index in [9.17, 15) is 0 Å². The van der Waals surface area contributed by atoms with E-state index in [2.05, 4.69) is 26.5 Å². The van der Waals surface area contributed by atoms with Crippen LogP contribution in [-0.4, -0.2) is 33.2 Å². The fourth-order valence-corrected chi connectivity index (χ4v) is 1.93. The van der Waals surface area contributed by atoms with Gasteiger partial charge in [-0.25, -0.2) is 0 Å². The Morgan fingerprint density at radius 3 is 2.88 bits per heavy atom. The van der Waals surface area contributed by atoms with Crippen molar-refractivity contribution in [2.75, 3.05) is 27.1 Å². The van der Waals surface area contributed by atoms with Crippen molar-refractivity contribution in [3.8, 4) is 0 Å². The van der Waals surface area contributed by atoms with E-state index in [1.165, 1.54) is 11.1 Å². The first-order valence-electron chi connectivity index (χ1n) is 6.15. The Labute approximate surface area is 104 Å². The lowest BCUT2D eigenvalue weighted by Crippen LogP contribution is -2.24. The quantitative estimate of drug-likeness (QED) is 0.389. The van der Waals surface area contributed by atoms with Crippen molar-refractivity contribution in [3.63, 3.8) is 0 Å². The number of ether oxygens (including phenoxy) is 3. The molecule has 0 heterocycles. The summed E-state index contributed by atoms with van der Waals surface area (Å²) in [5, 5.41) is 0. The lowest BCUT2D eigenvalue weighted by Gasteiger charge is -2.28. The third-order valence-corrected chi connectivity index (χ3v) is 3.21. The Morgan fingerprint density at radius 1 is 1.47 bits per heavy atom. The molecule has 0 fully saturated rings. The molecule has 0 bridgehead atoms. The Hall–Kier alpha value is -0.640. The van der Waals surface area contributed by atoms with Crippen molar-refractivity contribution in [3.05, 3.63) is 23.8 Å². The molecule has 0 aliphatic heterocycles. The van der Waals surface area contributed by atoms with Gasteiger partial charge in [-0.2, -0.15) is 0 Å². The molecule has 0 saturated heterocycles. The van der Waals surface area contributed by atoms with Gasteiger partial charge in [0.1, 0.15) is 6.79 Å². The topological polar surface area (TPSA) is 27.7 Å². The largest absolute Gasteiger partial charge is 0.382 e. The minimum Gasteiger partial charge on any atom is -0.382 e. The van der Waals surface area contributed by atoms with Gasteiger partial charge in [-0.1, -0.05) is 18.2 Å². The number of allylic oxidation sites excluding steroid dienone is 2. The van der Waals surface area contributed by atoms with Gasteiger partial charge in [0.25, 0.3) is 0 Å². The molecule has 98 valence electrons. The second-order valence-corrected chi connectivity index (χ2v) is 4.64. The molecule has 0 aromatic rings. The summed E-state index contributed by atoms with van der Waals surface area (Å²) in [6.07, 6.45) is 4.53. The van der Waals surface area contributed by atoms with Crippen LogP contribution < -0.4 is 0 Å². The summed E-state index contributed by atoms with van der Waals surface area (Å²) in [5.41, 5.74) is 2.54. The lowest BCUT2D eigenvalue weighted by atomic mass is 9.84. The van der Waals surface area contributed by atoms with Crippen LogP contribution in [-0.2, 0) is 14.2 Å². The van der Waals surface area contributed by atoms with Crippen LogP contribution in [0, 0.1) is 5.92 Å². The van der Waals surface area contributed by atoms with Gasteiger partial charge in [-0.05, 0) is 38.2 Å². The first-order chi connectivity index (χ1) is 8.15. The molecule has 0 radical (unpaired) electrons. The third kappa shape index (κ3) is 5.02. The van der Waals surface area contributed by atoms with Crippen molar-refractivity contribution in [1.82, 2.24) is 0 Å². The highest BCUT2D eigenvalue weighted by Crippen LogP contribution is 2.30. The molecule has 0 aromatic carbocycles. The summed E-state index contributed by atoms with van der Waals surface area (Å²) in [6, 6.07) is 0. The number of hydrogen-bond donors (Lipinski definition) is 0. The zero-order chi connectivity index (χ0) is 12.7. The molecule has 1 aliphatic rings. The summed E-state index contributed by atoms with van der Waals surface area (Å²) in [7, 11) is 1.66. The van der Waals surface area contributed by atoms with Crippen molar-refractivity contribution in [2.24, 2.45) is 5.92 Å². The average Bonchev–Trinajstić information content (AvgIpc) is 2.30. The first kappa shape index (κ1) is 14.4. The van der Waals surface area contributed by atoms with Gasteiger partial charge in [-0.15, -0.1) is 0 Å². The van der Waals surface area contributed by atoms with Crippen LogP contribution in [0.1, 0.15) is 26.7 Å². The Morgan fingerprint density at radius 2 is 2.24 bits per heavy atom. The maximum absolute atomic E-state index is 5.74. The molecular weight excluding hydrogens is 216 g/mol. The number of rotatable bonds is 7. The van der Waals surface area contributed by atoms with E-state index in [-0.39, 0.29) is 6.10 Å². The molecule has 0 aromatic heterocycles. The fourth-order valence-electron chi connectivity index (χ4n) is 1.93.